The van der Waals surface area contributed by atoms with Gasteiger partial charge in [-0.1, -0.05) is 0 Å². The van der Waals surface area contributed by atoms with Crippen LogP contribution in [-0.2, 0) is 19.6 Å². The highest BCUT2D eigenvalue weighted by atomic mass is 32.2. The Hall–Kier alpha value is -1.15. The number of nitrogens with zero attached hydrogens (tertiary/aromatic N) is 1. The average Bonchev–Trinajstić information content (AvgIpc) is 2.01. The first kappa shape index (κ1) is 12.8. The van der Waals surface area contributed by atoms with Gasteiger partial charge in [-0.05, 0) is 6.92 Å². The molecule has 0 aromatic rings. The topological polar surface area (TPSA) is 118 Å². The minimum Gasteiger partial charge on any atom is -0.480 e. The molecule has 0 saturated heterocycles. The Morgan fingerprint density at radius 1 is 1.36 bits per heavy atom. The second-order valence-electron chi connectivity index (χ2n) is 2.53. The maximum absolute atomic E-state index is 11.2. The van der Waals surface area contributed by atoms with Crippen LogP contribution in [0.5, 0.6) is 0 Å². The first-order chi connectivity index (χ1) is 6.29. The first-order valence-electron chi connectivity index (χ1n) is 3.77. The fourth-order valence-corrected chi connectivity index (χ4v) is 1.76. The molecule has 0 radical (unpaired) electrons. The zero-order valence-corrected chi connectivity index (χ0v) is 8.45. The lowest BCUT2D eigenvalue weighted by atomic mass is 10.5. The molecule has 0 aromatic carbocycles. The molecule has 1 amide bonds. The van der Waals surface area contributed by atoms with Crippen LogP contribution in [0.1, 0.15) is 6.92 Å². The minimum atomic E-state index is -3.70. The van der Waals surface area contributed by atoms with E-state index in [-0.39, 0.29) is 5.75 Å². The molecular weight excluding hydrogens is 212 g/mol. The largest absolute Gasteiger partial charge is 0.480 e. The molecule has 82 valence electrons. The van der Waals surface area contributed by atoms with Crippen LogP contribution in [0.3, 0.4) is 0 Å². The van der Waals surface area contributed by atoms with Gasteiger partial charge in [0.2, 0.25) is 15.9 Å². The molecular formula is C6H12N2O5S. The summed E-state index contributed by atoms with van der Waals surface area (Å²) in [5.74, 6) is -2.49. The lowest BCUT2D eigenvalue weighted by Crippen LogP contribution is -2.42. The third-order valence-corrected chi connectivity index (χ3v) is 3.18. The van der Waals surface area contributed by atoms with Crippen LogP contribution < -0.4 is 5.73 Å². The predicted octanol–water partition coefficient (Wildman–Crippen LogP) is -1.79. The standard InChI is InChI=1S/C6H12N2O5S/c1-2-14(12,13)8(3-5(7)9)4-6(10)11/h2-4H2,1H3,(H2,7,9)(H,10,11). The van der Waals surface area contributed by atoms with Crippen LogP contribution in [0.25, 0.3) is 0 Å². The molecule has 8 heteroatoms. The lowest BCUT2D eigenvalue weighted by Gasteiger charge is -2.17. The molecule has 0 bridgehead atoms. The number of hydrogen-bond donors (Lipinski definition) is 2. The van der Waals surface area contributed by atoms with Gasteiger partial charge in [-0.3, -0.25) is 9.59 Å². The summed E-state index contributed by atoms with van der Waals surface area (Å²) in [6.07, 6.45) is 0. The molecule has 0 heterocycles. The zero-order valence-electron chi connectivity index (χ0n) is 7.63. The van der Waals surface area contributed by atoms with Crippen molar-refractivity contribution in [3.05, 3.63) is 0 Å². The number of carboxylic acids is 1. The van der Waals surface area contributed by atoms with Crippen molar-refractivity contribution in [2.45, 2.75) is 6.92 Å². The molecule has 0 aliphatic rings. The van der Waals surface area contributed by atoms with Gasteiger partial charge in [0, 0.05) is 0 Å². The molecule has 0 saturated carbocycles. The summed E-state index contributed by atoms with van der Waals surface area (Å²) < 4.78 is 23.0. The average molecular weight is 224 g/mol. The number of primary amides is 1. The molecule has 0 rings (SSSR count). The number of rotatable bonds is 6. The molecule has 0 fully saturated rings. The number of nitrogens with two attached hydrogens (primary N) is 1. The number of carbonyl (C=O) groups excluding carboxylic acids is 1. The molecule has 0 aliphatic carbocycles. The van der Waals surface area contributed by atoms with Crippen LogP contribution in [0.4, 0.5) is 0 Å². The minimum absolute atomic E-state index is 0.270. The molecule has 3 N–H and O–H groups in total. The Labute approximate surface area is 81.5 Å². The van der Waals surface area contributed by atoms with Crippen molar-refractivity contribution in [2.75, 3.05) is 18.8 Å². The van der Waals surface area contributed by atoms with Gasteiger partial charge >= 0.3 is 5.97 Å². The number of amides is 1. The van der Waals surface area contributed by atoms with Gasteiger partial charge in [-0.15, -0.1) is 0 Å². The number of hydrogen-bond acceptors (Lipinski definition) is 4. The molecule has 0 spiro atoms. The normalized spacial score (nSPS) is 11.6. The number of carbonyl (C=O) groups is 2. The highest BCUT2D eigenvalue weighted by Crippen LogP contribution is 2.00. The summed E-state index contributed by atoms with van der Waals surface area (Å²) in [5, 5.41) is 8.40. The number of aliphatic carboxylic acids is 1. The van der Waals surface area contributed by atoms with E-state index in [1.807, 2.05) is 0 Å². The van der Waals surface area contributed by atoms with E-state index in [1.54, 1.807) is 0 Å². The SMILES string of the molecule is CCS(=O)(=O)N(CC(N)=O)CC(=O)O. The summed E-state index contributed by atoms with van der Waals surface area (Å²) in [6.45, 7) is -0.00718. The van der Waals surface area contributed by atoms with Gasteiger partial charge in [-0.25, -0.2) is 8.42 Å². The van der Waals surface area contributed by atoms with Crippen molar-refractivity contribution < 1.29 is 23.1 Å². The quantitative estimate of drug-likeness (QED) is 0.552. The molecule has 7 nitrogen and oxygen atoms in total. The fraction of sp³-hybridized carbons (Fsp3) is 0.667. The van der Waals surface area contributed by atoms with Crippen molar-refractivity contribution in [3.8, 4) is 0 Å². The zero-order chi connectivity index (χ0) is 11.4. The van der Waals surface area contributed by atoms with Crippen LogP contribution in [-0.4, -0.2) is 48.5 Å². The molecule has 0 aliphatic heterocycles. The first-order valence-corrected chi connectivity index (χ1v) is 5.38. The third kappa shape index (κ3) is 4.19. The molecule has 0 atom stereocenters. The van der Waals surface area contributed by atoms with E-state index < -0.39 is 35.0 Å². The van der Waals surface area contributed by atoms with Gasteiger partial charge in [0.1, 0.15) is 6.54 Å². The highest BCUT2D eigenvalue weighted by molar-refractivity contribution is 7.89. The smallest absolute Gasteiger partial charge is 0.318 e. The Morgan fingerprint density at radius 3 is 2.14 bits per heavy atom. The summed E-state index contributed by atoms with van der Waals surface area (Å²) >= 11 is 0. The van der Waals surface area contributed by atoms with E-state index in [0.29, 0.717) is 4.31 Å². The van der Waals surface area contributed by atoms with Crippen molar-refractivity contribution in [2.24, 2.45) is 5.73 Å². The Balaban J connectivity index is 4.72. The second-order valence-corrected chi connectivity index (χ2v) is 4.79. The number of sulfonamides is 1. The summed E-state index contributed by atoms with van der Waals surface area (Å²) in [5.41, 5.74) is 4.78. The second kappa shape index (κ2) is 4.91. The molecule has 14 heavy (non-hydrogen) atoms. The van der Waals surface area contributed by atoms with Gasteiger partial charge < -0.3 is 10.8 Å². The van der Waals surface area contributed by atoms with E-state index in [1.165, 1.54) is 6.92 Å². The van der Waals surface area contributed by atoms with Crippen LogP contribution >= 0.6 is 0 Å². The van der Waals surface area contributed by atoms with Gasteiger partial charge in [0.25, 0.3) is 0 Å². The highest BCUT2D eigenvalue weighted by Gasteiger charge is 2.23. The van der Waals surface area contributed by atoms with E-state index in [9.17, 15) is 18.0 Å². The van der Waals surface area contributed by atoms with Crippen LogP contribution in [0, 0.1) is 0 Å². The maximum Gasteiger partial charge on any atom is 0.318 e. The van der Waals surface area contributed by atoms with Crippen molar-refractivity contribution in [3.63, 3.8) is 0 Å². The van der Waals surface area contributed by atoms with E-state index >= 15 is 0 Å². The monoisotopic (exact) mass is 224 g/mol. The lowest BCUT2D eigenvalue weighted by molar-refractivity contribution is -0.137. The third-order valence-electron chi connectivity index (χ3n) is 1.40. The van der Waals surface area contributed by atoms with Crippen molar-refractivity contribution in [1.82, 2.24) is 4.31 Å². The van der Waals surface area contributed by atoms with E-state index in [4.69, 9.17) is 10.8 Å². The summed E-state index contributed by atoms with van der Waals surface area (Å²) in [6, 6.07) is 0. The summed E-state index contributed by atoms with van der Waals surface area (Å²) in [4.78, 5) is 20.8. The van der Waals surface area contributed by atoms with E-state index in [2.05, 4.69) is 0 Å². The number of carboxylic acid groups (broad SMARTS) is 1. The molecule has 0 aromatic heterocycles. The maximum atomic E-state index is 11.2. The molecule has 0 unspecified atom stereocenters. The van der Waals surface area contributed by atoms with Crippen LogP contribution in [0.15, 0.2) is 0 Å². The van der Waals surface area contributed by atoms with Crippen molar-refractivity contribution in [1.29, 1.82) is 0 Å². The van der Waals surface area contributed by atoms with Crippen LogP contribution in [0.2, 0.25) is 0 Å². The Bertz CT molecular complexity index is 307. The predicted molar refractivity (Wildman–Crippen MR) is 47.9 cm³/mol. The van der Waals surface area contributed by atoms with Gasteiger partial charge in [-0.2, -0.15) is 4.31 Å². The Kier molecular flexibility index (Phi) is 4.51. The Morgan fingerprint density at radius 2 is 1.86 bits per heavy atom. The van der Waals surface area contributed by atoms with Gasteiger partial charge in [0.05, 0.1) is 12.3 Å². The van der Waals surface area contributed by atoms with Gasteiger partial charge in [0.15, 0.2) is 0 Å². The van der Waals surface area contributed by atoms with E-state index in [0.717, 1.165) is 0 Å². The van der Waals surface area contributed by atoms with Crippen molar-refractivity contribution >= 4 is 21.9 Å². The summed E-state index contributed by atoms with van der Waals surface area (Å²) in [7, 11) is -3.70. The fourth-order valence-electron chi connectivity index (χ4n) is 0.760.